The third-order valence-electron chi connectivity index (χ3n) is 4.24. The van der Waals surface area contributed by atoms with Gasteiger partial charge in [0.25, 0.3) is 5.91 Å². The smallest absolute Gasteiger partial charge is 0.287 e. The molecule has 0 saturated carbocycles. The summed E-state index contributed by atoms with van der Waals surface area (Å²) in [4.78, 5) is 15.5. The summed E-state index contributed by atoms with van der Waals surface area (Å²) in [5.41, 5.74) is 4.30. The normalized spacial score (nSPS) is 10.9. The first-order valence-corrected chi connectivity index (χ1v) is 8.99. The highest BCUT2D eigenvalue weighted by molar-refractivity contribution is 6.01. The van der Waals surface area contributed by atoms with Crippen LogP contribution in [0.4, 0.5) is 0 Å². The van der Waals surface area contributed by atoms with Crippen molar-refractivity contribution in [2.24, 2.45) is 5.10 Å². The second kappa shape index (κ2) is 9.01. The van der Waals surface area contributed by atoms with Gasteiger partial charge in [-0.25, -0.2) is 5.43 Å². The first-order chi connectivity index (χ1) is 14.1. The van der Waals surface area contributed by atoms with Gasteiger partial charge in [-0.1, -0.05) is 0 Å². The van der Waals surface area contributed by atoms with Gasteiger partial charge in [-0.15, -0.1) is 0 Å². The van der Waals surface area contributed by atoms with E-state index in [1.165, 1.54) is 14.2 Å². The zero-order valence-electron chi connectivity index (χ0n) is 16.7. The number of hydrogen-bond acceptors (Lipinski definition) is 6. The number of nitrogens with zero attached hydrogens (tertiary/aromatic N) is 1. The average Bonchev–Trinajstić information content (AvgIpc) is 3.17. The van der Waals surface area contributed by atoms with Crippen LogP contribution in [-0.4, -0.2) is 45.0 Å². The topological polar surface area (TPSA) is 94.2 Å². The van der Waals surface area contributed by atoms with E-state index in [0.29, 0.717) is 35.1 Å². The van der Waals surface area contributed by atoms with Crippen molar-refractivity contribution >= 4 is 23.0 Å². The predicted molar refractivity (Wildman–Crippen MR) is 111 cm³/mol. The van der Waals surface area contributed by atoms with E-state index in [9.17, 15) is 4.79 Å². The van der Waals surface area contributed by atoms with Gasteiger partial charge in [-0.05, 0) is 48.9 Å². The molecule has 1 amide bonds. The highest BCUT2D eigenvalue weighted by Crippen LogP contribution is 2.43. The highest BCUT2D eigenvalue weighted by atomic mass is 16.5. The Kier molecular flexibility index (Phi) is 6.23. The maximum absolute atomic E-state index is 12.5. The molecule has 0 spiro atoms. The zero-order chi connectivity index (χ0) is 20.8. The van der Waals surface area contributed by atoms with Crippen LogP contribution in [0.5, 0.6) is 23.0 Å². The summed E-state index contributed by atoms with van der Waals surface area (Å²) >= 11 is 0. The summed E-state index contributed by atoms with van der Waals surface area (Å²) in [5, 5.41) is 4.76. The Morgan fingerprint density at radius 3 is 2.41 bits per heavy atom. The number of rotatable bonds is 8. The first-order valence-electron chi connectivity index (χ1n) is 8.99. The number of aromatic nitrogens is 1. The van der Waals surface area contributed by atoms with Crippen molar-refractivity contribution in [3.63, 3.8) is 0 Å². The fourth-order valence-corrected chi connectivity index (χ4v) is 2.91. The Bertz CT molecular complexity index is 1020. The van der Waals surface area contributed by atoms with Crippen LogP contribution >= 0.6 is 0 Å². The number of methoxy groups -OCH3 is 3. The summed E-state index contributed by atoms with van der Waals surface area (Å²) in [6.07, 6.45) is 1.56. The molecule has 8 nitrogen and oxygen atoms in total. The van der Waals surface area contributed by atoms with Crippen LogP contribution < -0.4 is 24.4 Å². The van der Waals surface area contributed by atoms with Crippen LogP contribution in [-0.2, 0) is 0 Å². The fourth-order valence-electron chi connectivity index (χ4n) is 2.91. The summed E-state index contributed by atoms with van der Waals surface area (Å²) < 4.78 is 21.6. The van der Waals surface area contributed by atoms with E-state index in [1.807, 2.05) is 31.2 Å². The molecule has 3 aromatic rings. The molecule has 29 heavy (non-hydrogen) atoms. The zero-order valence-corrected chi connectivity index (χ0v) is 16.7. The van der Waals surface area contributed by atoms with Crippen LogP contribution in [0.1, 0.15) is 23.0 Å². The lowest BCUT2D eigenvalue weighted by molar-refractivity contribution is 0.0951. The van der Waals surface area contributed by atoms with E-state index in [0.717, 1.165) is 16.7 Å². The summed E-state index contributed by atoms with van der Waals surface area (Å²) in [5.74, 6) is 1.81. The Morgan fingerprint density at radius 2 is 1.79 bits per heavy atom. The van der Waals surface area contributed by atoms with Gasteiger partial charge in [0.05, 0.1) is 39.7 Å². The quantitative estimate of drug-likeness (QED) is 0.449. The van der Waals surface area contributed by atoms with E-state index < -0.39 is 0 Å². The molecule has 0 atom stereocenters. The molecule has 0 aliphatic rings. The molecule has 0 bridgehead atoms. The number of H-pyrrole nitrogens is 1. The number of aromatic amines is 1. The summed E-state index contributed by atoms with van der Waals surface area (Å²) in [6.45, 7) is 2.53. The number of amides is 1. The number of carbonyl (C=O) groups excluding carboxylic acids is 1. The average molecular weight is 397 g/mol. The van der Waals surface area contributed by atoms with Crippen LogP contribution in [0.25, 0.3) is 10.9 Å². The number of benzene rings is 2. The van der Waals surface area contributed by atoms with Crippen molar-refractivity contribution < 1.29 is 23.7 Å². The molecule has 0 aliphatic carbocycles. The van der Waals surface area contributed by atoms with E-state index in [4.69, 9.17) is 18.9 Å². The van der Waals surface area contributed by atoms with Gasteiger partial charge >= 0.3 is 0 Å². The minimum atomic E-state index is -0.386. The number of hydrogen-bond donors (Lipinski definition) is 2. The Morgan fingerprint density at radius 1 is 1.07 bits per heavy atom. The largest absolute Gasteiger partial charge is 0.494 e. The van der Waals surface area contributed by atoms with Crippen LogP contribution in [0.3, 0.4) is 0 Å². The van der Waals surface area contributed by atoms with Gasteiger partial charge in [0, 0.05) is 5.39 Å². The molecule has 1 aromatic heterocycles. The molecule has 0 aliphatic heterocycles. The lowest BCUT2D eigenvalue weighted by Gasteiger charge is -2.12. The third-order valence-corrected chi connectivity index (χ3v) is 4.24. The van der Waals surface area contributed by atoms with Crippen LogP contribution in [0.15, 0.2) is 41.5 Å². The Balaban J connectivity index is 1.78. The number of carbonyl (C=O) groups is 1. The van der Waals surface area contributed by atoms with E-state index >= 15 is 0 Å². The van der Waals surface area contributed by atoms with Crippen molar-refractivity contribution in [2.45, 2.75) is 6.92 Å². The number of hydrazone groups is 1. The van der Waals surface area contributed by atoms with Gasteiger partial charge in [-0.3, -0.25) is 4.79 Å². The fraction of sp³-hybridized carbons (Fsp3) is 0.238. The molecule has 0 fully saturated rings. The van der Waals surface area contributed by atoms with Crippen molar-refractivity contribution in [3.05, 3.63) is 47.7 Å². The lowest BCUT2D eigenvalue weighted by atomic mass is 10.2. The van der Waals surface area contributed by atoms with Gasteiger partial charge in [0.1, 0.15) is 11.4 Å². The number of fused-ring (bicyclic) bond motifs is 1. The second-order valence-corrected chi connectivity index (χ2v) is 5.99. The predicted octanol–water partition coefficient (Wildman–Crippen LogP) is 3.36. The van der Waals surface area contributed by atoms with Gasteiger partial charge < -0.3 is 23.9 Å². The van der Waals surface area contributed by atoms with E-state index in [1.54, 1.807) is 25.5 Å². The van der Waals surface area contributed by atoms with Crippen molar-refractivity contribution in [2.75, 3.05) is 27.9 Å². The molecule has 152 valence electrons. The first kappa shape index (κ1) is 20.1. The third kappa shape index (κ3) is 4.26. The molecule has 2 N–H and O–H groups in total. The Labute approximate surface area is 168 Å². The van der Waals surface area contributed by atoms with Gasteiger partial charge in [0.15, 0.2) is 11.5 Å². The van der Waals surface area contributed by atoms with Gasteiger partial charge in [-0.2, -0.15) is 5.10 Å². The maximum Gasteiger partial charge on any atom is 0.287 e. The summed E-state index contributed by atoms with van der Waals surface area (Å²) in [6, 6.07) is 10.9. The van der Waals surface area contributed by atoms with Gasteiger partial charge in [0.2, 0.25) is 5.75 Å². The SMILES string of the molecule is CCOc1ccc(C=NNC(=O)c2cc3cc(OC)c(OC)c(OC)c3[nH]2)cc1. The van der Waals surface area contributed by atoms with Crippen LogP contribution in [0.2, 0.25) is 0 Å². The summed E-state index contributed by atoms with van der Waals surface area (Å²) in [7, 11) is 4.59. The number of ether oxygens (including phenoxy) is 4. The number of nitrogens with one attached hydrogen (secondary N) is 2. The molecule has 3 rings (SSSR count). The standard InChI is InChI=1S/C21H23N3O5/c1-5-29-15-8-6-13(7-9-15)12-22-24-21(25)16-10-14-11-17(26-2)19(27-3)20(28-4)18(14)23-16/h6-12,23H,5H2,1-4H3,(H,24,25). The van der Waals surface area contributed by atoms with Crippen molar-refractivity contribution in [3.8, 4) is 23.0 Å². The minimum absolute atomic E-state index is 0.331. The van der Waals surface area contributed by atoms with E-state index in [-0.39, 0.29) is 5.91 Å². The lowest BCUT2D eigenvalue weighted by Crippen LogP contribution is -2.17. The molecule has 1 heterocycles. The van der Waals surface area contributed by atoms with E-state index in [2.05, 4.69) is 15.5 Å². The molecule has 0 saturated heterocycles. The molecule has 8 heteroatoms. The van der Waals surface area contributed by atoms with Crippen LogP contribution in [0, 0.1) is 0 Å². The molecule has 0 radical (unpaired) electrons. The molecular weight excluding hydrogens is 374 g/mol. The second-order valence-electron chi connectivity index (χ2n) is 5.99. The van der Waals surface area contributed by atoms with Crippen molar-refractivity contribution in [1.29, 1.82) is 0 Å². The highest BCUT2D eigenvalue weighted by Gasteiger charge is 2.19. The molecular formula is C21H23N3O5. The van der Waals surface area contributed by atoms with Crippen molar-refractivity contribution in [1.82, 2.24) is 10.4 Å². The minimum Gasteiger partial charge on any atom is -0.494 e. The molecule has 0 unspecified atom stereocenters. The monoisotopic (exact) mass is 397 g/mol. The molecule has 2 aromatic carbocycles. The maximum atomic E-state index is 12.5. The Hall–Kier alpha value is -3.68.